The molecular formula is C34H48FN3O6. The van der Waals surface area contributed by atoms with Gasteiger partial charge >= 0.3 is 5.97 Å². The molecule has 10 heteroatoms. The summed E-state index contributed by atoms with van der Waals surface area (Å²) >= 11 is 0. The molecule has 0 unspecified atom stereocenters. The molecule has 3 fully saturated rings. The summed E-state index contributed by atoms with van der Waals surface area (Å²) in [7, 11) is 0. The van der Waals surface area contributed by atoms with Gasteiger partial charge in [-0.15, -0.1) is 0 Å². The van der Waals surface area contributed by atoms with Crippen LogP contribution in [0.2, 0.25) is 0 Å². The highest BCUT2D eigenvalue weighted by Gasteiger charge is 2.47. The summed E-state index contributed by atoms with van der Waals surface area (Å²) in [6.45, 7) is 3.34. The number of nitrogens with two attached hydrogens (primary N) is 1. The number of rotatable bonds is 12. The van der Waals surface area contributed by atoms with Crippen LogP contribution in [0.25, 0.3) is 11.0 Å². The van der Waals surface area contributed by atoms with Crippen molar-refractivity contribution in [3.63, 3.8) is 0 Å². The quantitative estimate of drug-likeness (QED) is 0.227. The lowest BCUT2D eigenvalue weighted by atomic mass is 9.76. The van der Waals surface area contributed by atoms with Crippen molar-refractivity contribution in [3.05, 3.63) is 30.0 Å². The van der Waals surface area contributed by atoms with Crippen LogP contribution in [0.5, 0.6) is 0 Å². The number of nitrogens with zero attached hydrogens (tertiary/aromatic N) is 1. The van der Waals surface area contributed by atoms with Crippen molar-refractivity contribution < 1.29 is 32.7 Å². The van der Waals surface area contributed by atoms with Crippen LogP contribution in [0.3, 0.4) is 0 Å². The van der Waals surface area contributed by atoms with Crippen LogP contribution in [-0.2, 0) is 19.1 Å². The second-order valence-corrected chi connectivity index (χ2v) is 12.8. The Bertz CT molecular complexity index is 1270. The molecule has 5 rings (SSSR count). The lowest BCUT2D eigenvalue weighted by Crippen LogP contribution is -2.50. The largest absolute Gasteiger partial charge is 0.460 e. The van der Waals surface area contributed by atoms with Gasteiger partial charge in [-0.3, -0.25) is 9.59 Å². The van der Waals surface area contributed by atoms with Gasteiger partial charge in [-0.05, 0) is 81.0 Å². The third-order valence-corrected chi connectivity index (χ3v) is 10.0. The van der Waals surface area contributed by atoms with Gasteiger partial charge in [0.2, 0.25) is 17.6 Å². The lowest BCUT2D eigenvalue weighted by Gasteiger charge is -2.36. The van der Waals surface area contributed by atoms with Crippen molar-refractivity contribution in [1.29, 1.82) is 0 Å². The Kier molecular flexibility index (Phi) is 11.3. The van der Waals surface area contributed by atoms with Crippen molar-refractivity contribution in [3.8, 4) is 0 Å². The smallest absolute Gasteiger partial charge is 0.374 e. The Morgan fingerprint density at radius 2 is 1.82 bits per heavy atom. The molecule has 1 aliphatic heterocycles. The maximum atomic E-state index is 14.0. The van der Waals surface area contributed by atoms with Gasteiger partial charge in [0.1, 0.15) is 18.3 Å². The summed E-state index contributed by atoms with van der Waals surface area (Å²) in [5.74, 6) is -0.0602. The molecule has 1 saturated heterocycles. The Morgan fingerprint density at radius 1 is 1.05 bits per heavy atom. The van der Waals surface area contributed by atoms with E-state index >= 15 is 0 Å². The van der Waals surface area contributed by atoms with Crippen LogP contribution < -0.4 is 11.1 Å². The van der Waals surface area contributed by atoms with Gasteiger partial charge in [0, 0.05) is 49.2 Å². The average molecular weight is 614 g/mol. The number of hydrogen-bond acceptors (Lipinski definition) is 7. The zero-order valence-electron chi connectivity index (χ0n) is 25.9. The first-order valence-corrected chi connectivity index (χ1v) is 16.6. The maximum Gasteiger partial charge on any atom is 0.374 e. The van der Waals surface area contributed by atoms with Gasteiger partial charge in [-0.1, -0.05) is 32.1 Å². The van der Waals surface area contributed by atoms with Gasteiger partial charge in [0.05, 0.1) is 6.61 Å². The number of hydrogen-bond donors (Lipinski definition) is 2. The number of nitrogens with one attached hydrogen (secondary N) is 1. The summed E-state index contributed by atoms with van der Waals surface area (Å²) < 4.78 is 29.4. The fourth-order valence-corrected chi connectivity index (χ4v) is 7.59. The van der Waals surface area contributed by atoms with E-state index in [0.29, 0.717) is 61.6 Å². The summed E-state index contributed by atoms with van der Waals surface area (Å²) in [6, 6.07) is 5.90. The number of fused-ring (bicyclic) bond motifs is 1. The second-order valence-electron chi connectivity index (χ2n) is 12.8. The number of alkyl halides is 1. The molecule has 9 nitrogen and oxygen atoms in total. The third kappa shape index (κ3) is 7.62. The SMILES string of the molecule is CCOCCCOC(=O)c1cc2cc(NC(=O)[C@@H]3[C@H](C4CCCCC4)CCN3C(=O)[C@H]3CC[C@H]([C@H](N)CF)CC3)ccc2o1. The van der Waals surface area contributed by atoms with E-state index < -0.39 is 24.7 Å². The summed E-state index contributed by atoms with van der Waals surface area (Å²) in [5, 5.41) is 3.77. The minimum Gasteiger partial charge on any atom is -0.460 e. The predicted octanol–water partition coefficient (Wildman–Crippen LogP) is 5.86. The molecule has 0 bridgehead atoms. The van der Waals surface area contributed by atoms with Crippen molar-refractivity contribution in [2.24, 2.45) is 29.4 Å². The molecule has 0 radical (unpaired) electrons. The molecule has 2 heterocycles. The number of amides is 2. The first-order chi connectivity index (χ1) is 21.4. The highest BCUT2D eigenvalue weighted by atomic mass is 19.1. The molecule has 2 amide bonds. The minimum absolute atomic E-state index is 0.0467. The van der Waals surface area contributed by atoms with Crippen molar-refractivity contribution in [2.45, 2.75) is 89.6 Å². The Balaban J connectivity index is 1.27. The number of furan rings is 1. The highest BCUT2D eigenvalue weighted by Crippen LogP contribution is 2.41. The van der Waals surface area contributed by atoms with E-state index in [-0.39, 0.29) is 41.9 Å². The van der Waals surface area contributed by atoms with Gasteiger partial charge < -0.3 is 29.8 Å². The molecule has 2 aromatic rings. The maximum absolute atomic E-state index is 14.0. The zero-order chi connectivity index (χ0) is 31.1. The zero-order valence-corrected chi connectivity index (χ0v) is 25.9. The Labute approximate surface area is 259 Å². The average Bonchev–Trinajstić information content (AvgIpc) is 3.69. The molecule has 3 N–H and O–H groups in total. The number of likely N-dealkylation sites (tertiary alicyclic amines) is 1. The Morgan fingerprint density at radius 3 is 2.55 bits per heavy atom. The van der Waals surface area contributed by atoms with E-state index in [4.69, 9.17) is 19.6 Å². The van der Waals surface area contributed by atoms with Crippen LogP contribution in [-0.4, -0.2) is 67.8 Å². The monoisotopic (exact) mass is 613 g/mol. The molecule has 2 saturated carbocycles. The van der Waals surface area contributed by atoms with E-state index in [0.717, 1.165) is 44.9 Å². The number of esters is 1. The number of carbonyl (C=O) groups excluding carboxylic acids is 3. The lowest BCUT2D eigenvalue weighted by molar-refractivity contribution is -0.142. The highest BCUT2D eigenvalue weighted by molar-refractivity contribution is 6.00. The standard InChI is InChI=1S/C34H48FN3O6/c1-2-42-17-6-18-43-34(41)30-20-25-19-26(13-14-29(25)44-30)37-32(39)31-27(22-7-4-3-5-8-22)15-16-38(31)33(40)24-11-9-23(10-12-24)28(36)21-35/h13-14,19-20,22-24,27-28,31H,2-12,15-18,21,36H2,1H3,(H,37,39)/t23-,24-,27-,28+,31-/m0/s1. The van der Waals surface area contributed by atoms with Crippen LogP contribution in [0.1, 0.15) is 88.1 Å². The molecule has 44 heavy (non-hydrogen) atoms. The fraction of sp³-hybridized carbons (Fsp3) is 0.676. The van der Waals surface area contributed by atoms with Gasteiger partial charge in [0.25, 0.3) is 0 Å². The third-order valence-electron chi connectivity index (χ3n) is 10.0. The number of carbonyl (C=O) groups is 3. The molecule has 242 valence electrons. The van der Waals surface area contributed by atoms with E-state index in [1.807, 2.05) is 11.8 Å². The molecule has 2 aliphatic carbocycles. The Hall–Kier alpha value is -2.98. The first-order valence-electron chi connectivity index (χ1n) is 16.6. The number of ether oxygens (including phenoxy) is 2. The molecule has 1 aromatic carbocycles. The van der Waals surface area contributed by atoms with Crippen LogP contribution in [0, 0.1) is 23.7 Å². The summed E-state index contributed by atoms with van der Waals surface area (Å²) in [5.41, 5.74) is 7.06. The van der Waals surface area contributed by atoms with Gasteiger partial charge in [0.15, 0.2) is 0 Å². The van der Waals surface area contributed by atoms with Crippen LogP contribution in [0.15, 0.2) is 28.7 Å². The summed E-state index contributed by atoms with van der Waals surface area (Å²) in [6.07, 6.45) is 10.0. The number of anilines is 1. The predicted molar refractivity (Wildman–Crippen MR) is 166 cm³/mol. The molecular weight excluding hydrogens is 565 g/mol. The van der Waals surface area contributed by atoms with E-state index in [9.17, 15) is 18.8 Å². The van der Waals surface area contributed by atoms with Crippen molar-refractivity contribution >= 4 is 34.4 Å². The topological polar surface area (TPSA) is 124 Å². The van der Waals surface area contributed by atoms with Gasteiger partial charge in [-0.2, -0.15) is 0 Å². The van der Waals surface area contributed by atoms with Crippen LogP contribution >= 0.6 is 0 Å². The molecule has 0 spiro atoms. The van der Waals surface area contributed by atoms with E-state index in [2.05, 4.69) is 5.32 Å². The first kappa shape index (κ1) is 32.4. The van der Waals surface area contributed by atoms with E-state index in [1.54, 1.807) is 24.3 Å². The van der Waals surface area contributed by atoms with Crippen molar-refractivity contribution in [1.82, 2.24) is 4.90 Å². The fourth-order valence-electron chi connectivity index (χ4n) is 7.59. The molecule has 3 atom stereocenters. The van der Waals surface area contributed by atoms with E-state index in [1.165, 1.54) is 6.42 Å². The van der Waals surface area contributed by atoms with Crippen LogP contribution in [0.4, 0.5) is 10.1 Å². The second kappa shape index (κ2) is 15.3. The minimum atomic E-state index is -0.542. The van der Waals surface area contributed by atoms with Gasteiger partial charge in [-0.25, -0.2) is 9.18 Å². The number of halogens is 1. The molecule has 1 aromatic heterocycles. The normalized spacial score (nSPS) is 25.2. The number of benzene rings is 1. The molecule has 3 aliphatic rings. The summed E-state index contributed by atoms with van der Waals surface area (Å²) in [4.78, 5) is 42.2. The van der Waals surface area contributed by atoms with Crippen molar-refractivity contribution in [2.75, 3.05) is 38.4 Å².